The summed E-state index contributed by atoms with van der Waals surface area (Å²) in [6.45, 7) is 20.2. The quantitative estimate of drug-likeness (QED) is 0.242. The second-order valence-corrected chi connectivity index (χ2v) is 13.1. The highest BCUT2D eigenvalue weighted by molar-refractivity contribution is 7.91. The van der Waals surface area contributed by atoms with Crippen molar-refractivity contribution in [3.05, 3.63) is 29.0 Å². The summed E-state index contributed by atoms with van der Waals surface area (Å²) in [5.41, 5.74) is 0.660. The summed E-state index contributed by atoms with van der Waals surface area (Å²) >= 11 is 1.92. The molecule has 36 heavy (non-hydrogen) atoms. The molecule has 204 valence electrons. The van der Waals surface area contributed by atoms with Crippen LogP contribution in [0.1, 0.15) is 87.0 Å². The Bertz CT molecular complexity index is 1170. The Morgan fingerprint density at radius 2 is 1.64 bits per heavy atom. The van der Waals surface area contributed by atoms with Crippen LogP contribution >= 0.6 is 23.1 Å². The molecule has 3 rings (SSSR count). The van der Waals surface area contributed by atoms with Gasteiger partial charge in [-0.15, -0.1) is 11.3 Å². The van der Waals surface area contributed by atoms with E-state index in [-0.39, 0.29) is 21.1 Å². The van der Waals surface area contributed by atoms with Crippen LogP contribution in [0.4, 0.5) is 17.3 Å². The zero-order chi connectivity index (χ0) is 27.7. The molecule has 0 bridgehead atoms. The molecule has 0 radical (unpaired) electrons. The van der Waals surface area contributed by atoms with Gasteiger partial charge in [-0.2, -0.15) is 8.75 Å². The van der Waals surface area contributed by atoms with Crippen molar-refractivity contribution in [1.82, 2.24) is 13.5 Å². The highest BCUT2D eigenvalue weighted by Crippen LogP contribution is 2.40. The molecule has 3 heterocycles. The maximum absolute atomic E-state index is 12.5. The molecule has 0 aromatic carbocycles. The Morgan fingerprint density at radius 3 is 2.17 bits per heavy atom. The van der Waals surface area contributed by atoms with E-state index in [9.17, 15) is 13.5 Å². The van der Waals surface area contributed by atoms with Gasteiger partial charge in [0, 0.05) is 10.9 Å². The predicted molar refractivity (Wildman–Crippen MR) is 151 cm³/mol. The van der Waals surface area contributed by atoms with Crippen LogP contribution < -0.4 is 15.4 Å². The number of hydrogen-bond acceptors (Lipinski definition) is 10. The number of hydrogen-bond donors (Lipinski definition) is 4. The van der Waals surface area contributed by atoms with Crippen LogP contribution in [0.25, 0.3) is 0 Å². The van der Waals surface area contributed by atoms with Gasteiger partial charge in [0.05, 0.1) is 30.2 Å². The van der Waals surface area contributed by atoms with E-state index in [2.05, 4.69) is 58.7 Å². The molecule has 3 aromatic heterocycles. The van der Waals surface area contributed by atoms with E-state index in [1.807, 2.05) is 19.9 Å². The van der Waals surface area contributed by atoms with E-state index in [0.717, 1.165) is 34.4 Å². The van der Waals surface area contributed by atoms with Crippen molar-refractivity contribution in [1.29, 1.82) is 0 Å². The van der Waals surface area contributed by atoms with E-state index in [1.165, 1.54) is 11.8 Å². The van der Waals surface area contributed by atoms with Gasteiger partial charge in [-0.05, 0) is 37.8 Å². The van der Waals surface area contributed by atoms with Crippen LogP contribution in [0.5, 0.6) is 5.75 Å². The van der Waals surface area contributed by atoms with Gasteiger partial charge in [-0.25, -0.2) is 13.1 Å². The normalized spacial score (nSPS) is 11.7. The Balaban J connectivity index is 0.00000120. The van der Waals surface area contributed by atoms with Crippen molar-refractivity contribution in [3.8, 4) is 5.75 Å². The Morgan fingerprint density at radius 1 is 1.06 bits per heavy atom. The number of nitrogens with one attached hydrogen (secondary N) is 3. The summed E-state index contributed by atoms with van der Waals surface area (Å²) in [7, 11) is -3.86. The zero-order valence-electron chi connectivity index (χ0n) is 22.9. The van der Waals surface area contributed by atoms with Crippen molar-refractivity contribution in [2.24, 2.45) is 0 Å². The third-order valence-electron chi connectivity index (χ3n) is 4.11. The summed E-state index contributed by atoms with van der Waals surface area (Å²) in [4.78, 5) is 0. The predicted octanol–water partition coefficient (Wildman–Crippen LogP) is 7.07. The third-order valence-corrected chi connectivity index (χ3v) is 7.91. The molecule has 0 aliphatic heterocycles. The minimum absolute atomic E-state index is 0.00693. The second-order valence-electron chi connectivity index (χ2n) is 9.84. The Kier molecular flexibility index (Phi) is 11.9. The summed E-state index contributed by atoms with van der Waals surface area (Å²) < 4.78 is 41.5. The van der Waals surface area contributed by atoms with E-state index in [1.54, 1.807) is 27.0 Å². The number of rotatable bonds is 7. The second kappa shape index (κ2) is 13.4. The number of sulfonamides is 1. The first kappa shape index (κ1) is 31.9. The molecule has 12 heteroatoms. The topological polar surface area (TPSA) is 129 Å². The maximum atomic E-state index is 12.5. The number of furan rings is 1. The van der Waals surface area contributed by atoms with Crippen LogP contribution in [0, 0.1) is 0 Å². The molecule has 9 nitrogen and oxygen atoms in total. The fourth-order valence-corrected chi connectivity index (χ4v) is 5.76. The molecule has 0 amide bonds. The number of thiophene rings is 1. The molecule has 0 unspecified atom stereocenters. The smallest absolute Gasteiger partial charge is 0.254 e. The van der Waals surface area contributed by atoms with Crippen LogP contribution in [0.3, 0.4) is 0 Å². The van der Waals surface area contributed by atoms with Gasteiger partial charge in [0.2, 0.25) is 0 Å². The summed E-state index contributed by atoms with van der Waals surface area (Å²) in [6, 6.07) is 1.99. The molecule has 3 aromatic rings. The molecule has 0 aliphatic rings. The number of aromatic hydroxyl groups is 1. The van der Waals surface area contributed by atoms with Crippen molar-refractivity contribution in [3.63, 3.8) is 0 Å². The molecule has 0 saturated heterocycles. The molecule has 0 fully saturated rings. The molecule has 0 atom stereocenters. The largest absolute Gasteiger partial charge is 0.504 e. The van der Waals surface area contributed by atoms with Crippen LogP contribution in [-0.2, 0) is 22.0 Å². The van der Waals surface area contributed by atoms with Crippen molar-refractivity contribution < 1.29 is 17.9 Å². The van der Waals surface area contributed by atoms with Gasteiger partial charge in [0.1, 0.15) is 5.76 Å². The first-order valence-electron chi connectivity index (χ1n) is 11.9. The van der Waals surface area contributed by atoms with Gasteiger partial charge in [0.25, 0.3) is 10.0 Å². The van der Waals surface area contributed by atoms with Crippen molar-refractivity contribution in [2.45, 2.75) is 97.4 Å². The lowest BCUT2D eigenvalue weighted by Crippen LogP contribution is -2.40. The lowest BCUT2D eigenvalue weighted by atomic mass is 9.89. The standard InChI is InChI=1S/C19H27N5O4S3.C3H8.C2H6/c1-18(2,3)11-7-12(28-9-11)8-20-15-16(23-30-22-15)21-13-10-29-17(14(13)25)31(26,27)24-19(4,5)6;1-3-2;1-2/h7,9-10,24-25H,8H2,1-6H3,(H,20,22)(H,21,23);3H2,1-2H3;1-2H3. The van der Waals surface area contributed by atoms with E-state index >= 15 is 0 Å². The fourth-order valence-electron chi connectivity index (χ4n) is 2.61. The van der Waals surface area contributed by atoms with Gasteiger partial charge >= 0.3 is 0 Å². The van der Waals surface area contributed by atoms with E-state index < -0.39 is 15.6 Å². The lowest BCUT2D eigenvalue weighted by Gasteiger charge is -2.19. The van der Waals surface area contributed by atoms with E-state index in [4.69, 9.17) is 4.42 Å². The Labute approximate surface area is 224 Å². The van der Waals surface area contributed by atoms with E-state index in [0.29, 0.717) is 18.2 Å². The van der Waals surface area contributed by atoms with Gasteiger partial charge in [-0.3, -0.25) is 0 Å². The minimum Gasteiger partial charge on any atom is -0.504 e. The average Bonchev–Trinajstić information content (AvgIpc) is 3.48. The lowest BCUT2D eigenvalue weighted by molar-refractivity contribution is 0.460. The first-order valence-corrected chi connectivity index (χ1v) is 15.0. The molecule has 0 saturated carbocycles. The maximum Gasteiger partial charge on any atom is 0.254 e. The van der Waals surface area contributed by atoms with Crippen LogP contribution in [-0.4, -0.2) is 27.8 Å². The van der Waals surface area contributed by atoms with Gasteiger partial charge < -0.3 is 20.2 Å². The monoisotopic (exact) mass is 559 g/mol. The molecular formula is C24H41N5O4S3. The van der Waals surface area contributed by atoms with Crippen molar-refractivity contribution >= 4 is 50.4 Å². The summed E-state index contributed by atoms with van der Waals surface area (Å²) in [6.07, 6.45) is 2.99. The highest BCUT2D eigenvalue weighted by Gasteiger charge is 2.28. The van der Waals surface area contributed by atoms with Gasteiger partial charge in [-0.1, -0.05) is 54.9 Å². The Hall–Kier alpha value is -2.15. The highest BCUT2D eigenvalue weighted by atomic mass is 32.2. The molecule has 0 aliphatic carbocycles. The molecule has 4 N–H and O–H groups in total. The summed E-state index contributed by atoms with van der Waals surface area (Å²) in [5, 5.41) is 18.1. The van der Waals surface area contributed by atoms with Crippen LogP contribution in [0.2, 0.25) is 0 Å². The SMILES string of the molecule is CC.CC(C)(C)NS(=O)(=O)c1scc(Nc2nsnc2NCc2cc(C(C)(C)C)co2)c1O.CCC. The minimum atomic E-state index is -3.86. The number of aromatic nitrogens is 2. The van der Waals surface area contributed by atoms with Crippen molar-refractivity contribution in [2.75, 3.05) is 10.6 Å². The van der Waals surface area contributed by atoms with Gasteiger partial charge in [0.15, 0.2) is 21.6 Å². The molecular weight excluding hydrogens is 518 g/mol. The molecule has 0 spiro atoms. The number of nitrogens with zero attached hydrogens (tertiary/aromatic N) is 2. The average molecular weight is 560 g/mol. The summed E-state index contributed by atoms with van der Waals surface area (Å²) in [5.74, 6) is 1.25. The fraction of sp³-hybridized carbons (Fsp3) is 0.583. The first-order chi connectivity index (χ1) is 16.7. The number of anilines is 3. The zero-order valence-corrected chi connectivity index (χ0v) is 25.4. The van der Waals surface area contributed by atoms with Crippen LogP contribution in [0.15, 0.2) is 26.3 Å². The third kappa shape index (κ3) is 9.38.